The normalized spacial score (nSPS) is 39.8. The summed E-state index contributed by atoms with van der Waals surface area (Å²) in [6.07, 6.45) is -22.4. The molecular weight excluding hydrogens is 664 g/mol. The molecule has 49 heavy (non-hydrogen) atoms. The van der Waals surface area contributed by atoms with Gasteiger partial charge in [-0.25, -0.2) is 0 Å². The van der Waals surface area contributed by atoms with Gasteiger partial charge in [-0.1, -0.05) is 6.42 Å². The van der Waals surface area contributed by atoms with E-state index in [4.69, 9.17) is 28.4 Å². The minimum atomic E-state index is -1.88. The first-order chi connectivity index (χ1) is 23.3. The second-order valence-corrected chi connectivity index (χ2v) is 12.1. The number of aliphatic hydroxyl groups excluding tert-OH is 10. The summed E-state index contributed by atoms with van der Waals surface area (Å²) >= 11 is 0. The van der Waals surface area contributed by atoms with Crippen molar-refractivity contribution >= 4 is 11.8 Å². The smallest absolute Gasteiger partial charge is 0.220 e. The van der Waals surface area contributed by atoms with E-state index in [9.17, 15) is 60.7 Å². The van der Waals surface area contributed by atoms with Crippen molar-refractivity contribution in [3.63, 3.8) is 0 Å². The molecule has 0 spiro atoms. The molecule has 286 valence electrons. The topological polar surface area (TPSA) is 316 Å². The van der Waals surface area contributed by atoms with Gasteiger partial charge in [-0.05, 0) is 19.8 Å². The Kier molecular flexibility index (Phi) is 17.3. The Morgan fingerprint density at radius 1 is 0.592 bits per heavy atom. The lowest BCUT2D eigenvalue weighted by atomic mass is 9.96. The minimum Gasteiger partial charge on any atom is -0.394 e. The van der Waals surface area contributed by atoms with Crippen LogP contribution in [0.5, 0.6) is 0 Å². The average molecular weight is 717 g/mol. The number of carbonyl (C=O) groups is 2. The molecule has 3 rings (SSSR count). The van der Waals surface area contributed by atoms with Crippen LogP contribution in [0.1, 0.15) is 39.0 Å². The van der Waals surface area contributed by atoms with Crippen LogP contribution >= 0.6 is 0 Å². The first-order valence-electron chi connectivity index (χ1n) is 16.4. The number of hydrogen-bond donors (Lipinski definition) is 12. The second-order valence-electron chi connectivity index (χ2n) is 12.1. The van der Waals surface area contributed by atoms with Crippen molar-refractivity contribution < 1.29 is 89.1 Å². The first kappa shape index (κ1) is 41.7. The predicted molar refractivity (Wildman–Crippen MR) is 160 cm³/mol. The van der Waals surface area contributed by atoms with Crippen molar-refractivity contribution in [1.82, 2.24) is 10.6 Å². The van der Waals surface area contributed by atoms with Crippen LogP contribution in [0.3, 0.4) is 0 Å². The van der Waals surface area contributed by atoms with E-state index in [0.717, 1.165) is 0 Å². The molecule has 20 heteroatoms. The van der Waals surface area contributed by atoms with E-state index in [1.165, 1.54) is 0 Å². The SMILES string of the molecule is CCNC(=O)CCCCCC(=O)NCCO[C@H]1O[C@H](CO[C@H]2O[C@H](CO)[C@@H](O)[C@H](O)[C@@H]2O)[C@@H](O)[C@H](O[C@H]2O[C@H](CO)[C@@H](O)[C@H](O)[C@@H]2O)[C@@H]1O. The van der Waals surface area contributed by atoms with Gasteiger partial charge in [0.25, 0.3) is 0 Å². The van der Waals surface area contributed by atoms with Crippen LogP contribution < -0.4 is 10.6 Å². The quantitative estimate of drug-likeness (QED) is 0.0587. The largest absolute Gasteiger partial charge is 0.394 e. The monoisotopic (exact) mass is 716 g/mol. The third kappa shape index (κ3) is 11.4. The zero-order chi connectivity index (χ0) is 36.2. The highest BCUT2D eigenvalue weighted by Crippen LogP contribution is 2.31. The van der Waals surface area contributed by atoms with Crippen LogP contribution in [0.25, 0.3) is 0 Å². The van der Waals surface area contributed by atoms with Crippen LogP contribution in [0, 0.1) is 0 Å². The summed E-state index contributed by atoms with van der Waals surface area (Å²) in [4.78, 5) is 23.7. The second kappa shape index (κ2) is 20.4. The van der Waals surface area contributed by atoms with Gasteiger partial charge in [-0.3, -0.25) is 9.59 Å². The predicted octanol–water partition coefficient (Wildman–Crippen LogP) is -6.35. The van der Waals surface area contributed by atoms with Crippen molar-refractivity contribution in [2.45, 2.75) is 131 Å². The van der Waals surface area contributed by atoms with Crippen LogP contribution in [0.4, 0.5) is 0 Å². The number of carbonyl (C=O) groups excluding carboxylic acids is 2. The fraction of sp³-hybridized carbons (Fsp3) is 0.931. The number of amides is 2. The molecule has 3 aliphatic rings. The number of aliphatic hydroxyl groups is 10. The summed E-state index contributed by atoms with van der Waals surface area (Å²) in [5.41, 5.74) is 0. The number of ether oxygens (including phenoxy) is 6. The van der Waals surface area contributed by atoms with Crippen LogP contribution in [-0.2, 0) is 38.0 Å². The van der Waals surface area contributed by atoms with Gasteiger partial charge in [0.15, 0.2) is 18.9 Å². The summed E-state index contributed by atoms with van der Waals surface area (Å²) in [5.74, 6) is -0.330. The van der Waals surface area contributed by atoms with Gasteiger partial charge < -0.3 is 90.1 Å². The molecule has 3 fully saturated rings. The van der Waals surface area contributed by atoms with Gasteiger partial charge in [0.05, 0.1) is 26.4 Å². The van der Waals surface area contributed by atoms with E-state index >= 15 is 0 Å². The Hall–Kier alpha value is -1.70. The number of nitrogens with one attached hydrogen (secondary N) is 2. The van der Waals surface area contributed by atoms with Crippen molar-refractivity contribution in [2.75, 3.05) is 39.5 Å². The van der Waals surface area contributed by atoms with Gasteiger partial charge in [0, 0.05) is 25.9 Å². The van der Waals surface area contributed by atoms with Crippen molar-refractivity contribution in [1.29, 1.82) is 0 Å². The van der Waals surface area contributed by atoms with Gasteiger partial charge in [0.2, 0.25) is 11.8 Å². The molecule has 2 amide bonds. The zero-order valence-corrected chi connectivity index (χ0v) is 27.2. The number of unbranched alkanes of at least 4 members (excludes halogenated alkanes) is 2. The molecule has 0 saturated carbocycles. The molecule has 3 saturated heterocycles. The molecule has 3 aliphatic heterocycles. The summed E-state index contributed by atoms with van der Waals surface area (Å²) < 4.78 is 33.1. The van der Waals surface area contributed by atoms with Crippen molar-refractivity contribution in [3.8, 4) is 0 Å². The molecule has 15 atom stereocenters. The van der Waals surface area contributed by atoms with Gasteiger partial charge in [0.1, 0.15) is 73.2 Å². The molecule has 20 nitrogen and oxygen atoms in total. The molecule has 0 radical (unpaired) electrons. The first-order valence-corrected chi connectivity index (χ1v) is 16.4. The molecular formula is C29H52N2O18. The zero-order valence-electron chi connectivity index (χ0n) is 27.2. The lowest BCUT2D eigenvalue weighted by Gasteiger charge is -2.46. The van der Waals surface area contributed by atoms with Gasteiger partial charge in [-0.15, -0.1) is 0 Å². The standard InChI is InChI=1S/C29H52N2O18/c1-2-30-16(34)6-4-3-5-7-17(35)31-8-9-44-28-25(43)26(49-29-24(42)22(40)19(37)14(11-33)47-29)20(38)15(48-28)12-45-27-23(41)21(39)18(36)13(10-32)46-27/h13-15,18-29,32-33,36-43H,2-12H2,1H3,(H,30,34)(H,31,35)/t13-,14-,15-,18-,19-,20-,21+,22+,23+,24+,25+,26+,27+,28+,29-/m1/s1. The Bertz CT molecular complexity index is 995. The van der Waals surface area contributed by atoms with Crippen LogP contribution in [-0.4, -0.2) is 195 Å². The third-order valence-corrected chi connectivity index (χ3v) is 8.44. The molecule has 0 aromatic carbocycles. The molecule has 0 bridgehead atoms. The molecule has 0 aromatic heterocycles. The van der Waals surface area contributed by atoms with E-state index in [1.807, 2.05) is 6.92 Å². The van der Waals surface area contributed by atoms with Gasteiger partial charge >= 0.3 is 0 Å². The Morgan fingerprint density at radius 2 is 1.10 bits per heavy atom. The van der Waals surface area contributed by atoms with Crippen molar-refractivity contribution in [3.05, 3.63) is 0 Å². The van der Waals surface area contributed by atoms with Gasteiger partial charge in [-0.2, -0.15) is 0 Å². The van der Waals surface area contributed by atoms with E-state index in [0.29, 0.717) is 32.2 Å². The Balaban J connectivity index is 1.61. The third-order valence-electron chi connectivity index (χ3n) is 8.44. The summed E-state index contributed by atoms with van der Waals surface area (Å²) in [6, 6.07) is 0. The molecule has 0 unspecified atom stereocenters. The van der Waals surface area contributed by atoms with E-state index in [1.54, 1.807) is 0 Å². The van der Waals surface area contributed by atoms with Crippen molar-refractivity contribution in [2.24, 2.45) is 0 Å². The average Bonchev–Trinajstić information content (AvgIpc) is 3.08. The van der Waals surface area contributed by atoms with E-state index < -0.39 is 112 Å². The molecule has 0 aromatic rings. The number of rotatable bonds is 18. The molecule has 12 N–H and O–H groups in total. The fourth-order valence-corrected chi connectivity index (χ4v) is 5.56. The maximum absolute atomic E-state index is 12.2. The Labute approximate surface area is 282 Å². The van der Waals surface area contributed by atoms with E-state index in [2.05, 4.69) is 10.6 Å². The highest BCUT2D eigenvalue weighted by Gasteiger charge is 2.52. The molecule has 0 aliphatic carbocycles. The maximum atomic E-state index is 12.2. The number of hydrogen-bond acceptors (Lipinski definition) is 18. The fourth-order valence-electron chi connectivity index (χ4n) is 5.56. The lowest BCUT2D eigenvalue weighted by molar-refractivity contribution is -0.366. The Morgan fingerprint density at radius 3 is 1.67 bits per heavy atom. The molecule has 3 heterocycles. The lowest BCUT2D eigenvalue weighted by Crippen LogP contribution is -2.65. The van der Waals surface area contributed by atoms with Crippen LogP contribution in [0.15, 0.2) is 0 Å². The van der Waals surface area contributed by atoms with E-state index in [-0.39, 0.29) is 31.4 Å². The highest BCUT2D eigenvalue weighted by atomic mass is 16.7. The summed E-state index contributed by atoms with van der Waals surface area (Å²) in [7, 11) is 0. The van der Waals surface area contributed by atoms with Crippen LogP contribution in [0.2, 0.25) is 0 Å². The summed E-state index contributed by atoms with van der Waals surface area (Å²) in [5, 5.41) is 108. The maximum Gasteiger partial charge on any atom is 0.220 e. The minimum absolute atomic E-state index is 0.0167. The summed E-state index contributed by atoms with van der Waals surface area (Å²) in [6.45, 7) is 0.0569. The highest BCUT2D eigenvalue weighted by molar-refractivity contribution is 5.76.